The summed E-state index contributed by atoms with van der Waals surface area (Å²) in [5.74, 6) is 0.450. The Morgan fingerprint density at radius 2 is 1.96 bits per heavy atom. The lowest BCUT2D eigenvalue weighted by atomic mass is 10.0. The minimum Gasteiger partial charge on any atom is -0.441 e. The lowest BCUT2D eigenvalue weighted by Gasteiger charge is -2.16. The lowest BCUT2D eigenvalue weighted by molar-refractivity contribution is -0.122. The number of nitrogens with one attached hydrogen (secondary N) is 1. The van der Waals surface area contributed by atoms with Crippen LogP contribution in [0.15, 0.2) is 46.9 Å². The molecule has 1 aromatic heterocycles. The summed E-state index contributed by atoms with van der Waals surface area (Å²) in [5.41, 5.74) is 4.11. The minimum atomic E-state index is -0.382. The van der Waals surface area contributed by atoms with Crippen LogP contribution >= 0.6 is 0 Å². The highest BCUT2D eigenvalue weighted by Gasteiger charge is 2.35. The van der Waals surface area contributed by atoms with Crippen molar-refractivity contribution in [2.24, 2.45) is 5.92 Å². The maximum absolute atomic E-state index is 12.7. The van der Waals surface area contributed by atoms with Crippen LogP contribution in [0.4, 0.5) is 11.4 Å². The number of oxazole rings is 1. The van der Waals surface area contributed by atoms with Gasteiger partial charge >= 0.3 is 0 Å². The number of carbonyl (C=O) groups is 2. The fraction of sp³-hybridized carbons (Fsp3) is 0.318. The van der Waals surface area contributed by atoms with Crippen molar-refractivity contribution in [1.82, 2.24) is 4.98 Å². The van der Waals surface area contributed by atoms with E-state index in [4.69, 9.17) is 4.42 Å². The third kappa shape index (κ3) is 3.50. The Balaban J connectivity index is 1.46. The zero-order valence-corrected chi connectivity index (χ0v) is 16.2. The van der Waals surface area contributed by atoms with Crippen molar-refractivity contribution in [2.45, 2.75) is 33.1 Å². The topological polar surface area (TPSA) is 75.4 Å². The number of rotatable bonds is 4. The van der Waals surface area contributed by atoms with E-state index in [0.717, 1.165) is 11.4 Å². The quantitative estimate of drug-likeness (QED) is 0.737. The van der Waals surface area contributed by atoms with Crippen LogP contribution in [0.5, 0.6) is 0 Å². The molecule has 0 radical (unpaired) electrons. The van der Waals surface area contributed by atoms with E-state index < -0.39 is 0 Å². The van der Waals surface area contributed by atoms with Crippen LogP contribution in [-0.4, -0.2) is 23.3 Å². The number of anilines is 2. The molecule has 4 rings (SSSR count). The van der Waals surface area contributed by atoms with Crippen molar-refractivity contribution in [2.75, 3.05) is 16.8 Å². The zero-order valence-electron chi connectivity index (χ0n) is 16.2. The average Bonchev–Trinajstić information content (AvgIpc) is 3.23. The van der Waals surface area contributed by atoms with Gasteiger partial charge < -0.3 is 14.6 Å². The first-order valence-electron chi connectivity index (χ1n) is 9.49. The molecule has 0 saturated carbocycles. The molecule has 0 spiro atoms. The van der Waals surface area contributed by atoms with E-state index >= 15 is 0 Å². The fourth-order valence-corrected chi connectivity index (χ4v) is 3.53. The fourth-order valence-electron chi connectivity index (χ4n) is 3.53. The summed E-state index contributed by atoms with van der Waals surface area (Å²) < 4.78 is 5.48. The van der Waals surface area contributed by atoms with Crippen molar-refractivity contribution < 1.29 is 14.0 Å². The smallest absolute Gasteiger partial charge is 0.229 e. The molecular weight excluding hydrogens is 354 g/mol. The first kappa shape index (κ1) is 18.2. The van der Waals surface area contributed by atoms with Gasteiger partial charge in [-0.1, -0.05) is 26.0 Å². The van der Waals surface area contributed by atoms with Gasteiger partial charge in [-0.15, -0.1) is 0 Å². The lowest BCUT2D eigenvalue weighted by Crippen LogP contribution is -2.28. The van der Waals surface area contributed by atoms with Gasteiger partial charge in [-0.2, -0.15) is 0 Å². The molecule has 1 aliphatic rings. The second-order valence-corrected chi connectivity index (χ2v) is 7.56. The summed E-state index contributed by atoms with van der Waals surface area (Å²) in [7, 11) is 0. The SMILES string of the molecule is Cc1nc2cc(N3CC(C(=O)Nc4ccc(C(C)C)cc4)CC3=O)ccc2o1. The van der Waals surface area contributed by atoms with Crippen LogP contribution in [0, 0.1) is 12.8 Å². The van der Waals surface area contributed by atoms with Gasteiger partial charge in [-0.25, -0.2) is 4.98 Å². The van der Waals surface area contributed by atoms with Gasteiger partial charge in [0, 0.05) is 31.3 Å². The molecule has 1 N–H and O–H groups in total. The molecule has 0 bridgehead atoms. The number of fused-ring (bicyclic) bond motifs is 1. The van der Waals surface area contributed by atoms with Crippen LogP contribution < -0.4 is 10.2 Å². The number of amides is 2. The number of hydrogen-bond donors (Lipinski definition) is 1. The molecule has 6 nitrogen and oxygen atoms in total. The van der Waals surface area contributed by atoms with Gasteiger partial charge in [0.05, 0.1) is 5.92 Å². The highest BCUT2D eigenvalue weighted by atomic mass is 16.3. The molecule has 0 aliphatic carbocycles. The first-order valence-corrected chi connectivity index (χ1v) is 9.49. The van der Waals surface area contributed by atoms with Crippen LogP contribution in [0.1, 0.15) is 37.6 Å². The predicted molar refractivity (Wildman–Crippen MR) is 108 cm³/mol. The number of hydrogen-bond acceptors (Lipinski definition) is 4. The van der Waals surface area contributed by atoms with Crippen LogP contribution in [-0.2, 0) is 9.59 Å². The molecule has 1 saturated heterocycles. The molecule has 2 aromatic carbocycles. The predicted octanol–water partition coefficient (Wildman–Crippen LogP) is 4.25. The Hall–Kier alpha value is -3.15. The third-order valence-corrected chi connectivity index (χ3v) is 5.13. The van der Waals surface area contributed by atoms with Gasteiger partial charge in [0.15, 0.2) is 11.5 Å². The molecule has 3 aromatic rings. The monoisotopic (exact) mass is 377 g/mol. The molecule has 6 heteroatoms. The highest BCUT2D eigenvalue weighted by Crippen LogP contribution is 2.29. The van der Waals surface area contributed by atoms with Crippen molar-refractivity contribution in [3.05, 3.63) is 53.9 Å². The molecule has 1 fully saturated rings. The molecule has 2 heterocycles. The van der Waals surface area contributed by atoms with Gasteiger partial charge in [0.2, 0.25) is 11.8 Å². The molecule has 28 heavy (non-hydrogen) atoms. The number of aryl methyl sites for hydroxylation is 1. The van der Waals surface area contributed by atoms with E-state index in [1.54, 1.807) is 11.8 Å². The summed E-state index contributed by atoms with van der Waals surface area (Å²) in [6.07, 6.45) is 0.200. The summed E-state index contributed by atoms with van der Waals surface area (Å²) in [6, 6.07) is 13.3. The Morgan fingerprint density at radius 3 is 2.68 bits per heavy atom. The Labute approximate surface area is 163 Å². The summed E-state index contributed by atoms with van der Waals surface area (Å²) >= 11 is 0. The van der Waals surface area contributed by atoms with Gasteiger partial charge in [0.25, 0.3) is 0 Å². The standard InChI is InChI=1S/C22H23N3O3/c1-13(2)15-4-6-17(7-5-15)24-22(27)16-10-21(26)25(12-16)18-8-9-20-19(11-18)23-14(3)28-20/h4-9,11,13,16H,10,12H2,1-3H3,(H,24,27). The van der Waals surface area contributed by atoms with E-state index in [9.17, 15) is 9.59 Å². The largest absolute Gasteiger partial charge is 0.441 e. The first-order chi connectivity index (χ1) is 13.4. The molecule has 2 amide bonds. The van der Waals surface area contributed by atoms with E-state index in [2.05, 4.69) is 24.1 Å². The van der Waals surface area contributed by atoms with Crippen molar-refractivity contribution in [3.8, 4) is 0 Å². The molecular formula is C22H23N3O3. The van der Waals surface area contributed by atoms with Crippen molar-refractivity contribution in [3.63, 3.8) is 0 Å². The highest BCUT2D eigenvalue weighted by molar-refractivity contribution is 6.04. The Bertz CT molecular complexity index is 1040. The summed E-state index contributed by atoms with van der Waals surface area (Å²) in [4.78, 5) is 31.1. The maximum Gasteiger partial charge on any atom is 0.229 e. The number of aromatic nitrogens is 1. The molecule has 144 valence electrons. The molecule has 1 aliphatic heterocycles. The zero-order chi connectivity index (χ0) is 19.8. The number of nitrogens with zero attached hydrogens (tertiary/aromatic N) is 2. The van der Waals surface area contributed by atoms with Crippen molar-refractivity contribution in [1.29, 1.82) is 0 Å². The van der Waals surface area contributed by atoms with Crippen LogP contribution in [0.25, 0.3) is 11.1 Å². The Morgan fingerprint density at radius 1 is 1.21 bits per heavy atom. The second kappa shape index (κ2) is 7.11. The second-order valence-electron chi connectivity index (χ2n) is 7.56. The maximum atomic E-state index is 12.7. The minimum absolute atomic E-state index is 0.0603. The van der Waals surface area contributed by atoms with E-state index in [1.165, 1.54) is 5.56 Å². The van der Waals surface area contributed by atoms with Crippen LogP contribution in [0.3, 0.4) is 0 Å². The van der Waals surface area contributed by atoms with Crippen molar-refractivity contribution >= 4 is 34.3 Å². The normalized spacial score (nSPS) is 16.9. The summed E-state index contributed by atoms with van der Waals surface area (Å²) in [6.45, 7) is 6.40. The van der Waals surface area contributed by atoms with E-state index in [-0.39, 0.29) is 24.2 Å². The van der Waals surface area contributed by atoms with Gasteiger partial charge in [-0.05, 0) is 41.8 Å². The van der Waals surface area contributed by atoms with E-state index in [0.29, 0.717) is 29.5 Å². The average molecular weight is 377 g/mol. The van der Waals surface area contributed by atoms with Gasteiger partial charge in [-0.3, -0.25) is 9.59 Å². The molecule has 1 unspecified atom stereocenters. The van der Waals surface area contributed by atoms with Crippen LogP contribution in [0.2, 0.25) is 0 Å². The summed E-state index contributed by atoms with van der Waals surface area (Å²) in [5, 5.41) is 2.93. The Kier molecular flexibility index (Phi) is 4.63. The van der Waals surface area contributed by atoms with E-state index in [1.807, 2.05) is 42.5 Å². The third-order valence-electron chi connectivity index (χ3n) is 5.13. The number of benzene rings is 2. The molecule has 1 atom stereocenters. The number of carbonyl (C=O) groups excluding carboxylic acids is 2. The van der Waals surface area contributed by atoms with Gasteiger partial charge in [0.1, 0.15) is 5.52 Å².